The molecule has 0 saturated carbocycles. The van der Waals surface area contributed by atoms with Crippen LogP contribution in [-0.2, 0) is 6.18 Å². The Hall–Kier alpha value is -3.39. The number of piperazine rings is 1. The van der Waals surface area contributed by atoms with E-state index in [-0.39, 0.29) is 5.91 Å². The SMILES string of the molecule is Cc1ccc(-c2cc(C(=O)N3CCN(c4cccc(C(F)(F)F)c4)CC3)c3cc(Br)ccc3n2)cc1. The molecule has 1 fully saturated rings. The fourth-order valence-electron chi connectivity index (χ4n) is 4.46. The Labute approximate surface area is 215 Å². The summed E-state index contributed by atoms with van der Waals surface area (Å²) in [4.78, 5) is 22.1. The Morgan fingerprint density at radius 3 is 2.33 bits per heavy atom. The van der Waals surface area contributed by atoms with E-state index in [4.69, 9.17) is 4.98 Å². The van der Waals surface area contributed by atoms with Gasteiger partial charge in [-0.25, -0.2) is 4.98 Å². The van der Waals surface area contributed by atoms with Crippen molar-refractivity contribution in [1.29, 1.82) is 0 Å². The standard InChI is InChI=1S/C28H23BrF3N3O/c1-18-5-7-19(8-6-18)26-17-24(23-16-21(29)9-10-25(23)33-26)27(36)35-13-11-34(12-14-35)22-4-2-3-20(15-22)28(30,31)32/h2-10,15-17H,11-14H2,1H3. The predicted octanol–water partition coefficient (Wildman–Crippen LogP) is 6.95. The first-order valence-corrected chi connectivity index (χ1v) is 12.4. The van der Waals surface area contributed by atoms with Gasteiger partial charge in [0.1, 0.15) is 0 Å². The molecule has 8 heteroatoms. The van der Waals surface area contributed by atoms with Crippen LogP contribution in [0.3, 0.4) is 0 Å². The van der Waals surface area contributed by atoms with Crippen LogP contribution in [0.15, 0.2) is 77.3 Å². The average molecular weight is 554 g/mol. The van der Waals surface area contributed by atoms with Gasteiger partial charge >= 0.3 is 6.18 Å². The molecule has 1 aliphatic heterocycles. The smallest absolute Gasteiger partial charge is 0.368 e. The quantitative estimate of drug-likeness (QED) is 0.275. The number of nitrogens with zero attached hydrogens (tertiary/aromatic N) is 3. The third-order valence-corrected chi connectivity index (χ3v) is 6.95. The third-order valence-electron chi connectivity index (χ3n) is 6.45. The lowest BCUT2D eigenvalue weighted by Gasteiger charge is -2.36. The topological polar surface area (TPSA) is 36.4 Å². The largest absolute Gasteiger partial charge is 0.416 e. The summed E-state index contributed by atoms with van der Waals surface area (Å²) in [5, 5.41) is 0.755. The molecule has 5 rings (SSSR count). The van der Waals surface area contributed by atoms with Gasteiger partial charge in [-0.3, -0.25) is 4.79 Å². The van der Waals surface area contributed by atoms with Crippen molar-refractivity contribution in [1.82, 2.24) is 9.88 Å². The van der Waals surface area contributed by atoms with E-state index in [9.17, 15) is 18.0 Å². The molecular weight excluding hydrogens is 531 g/mol. The molecule has 0 unspecified atom stereocenters. The Morgan fingerprint density at radius 2 is 1.64 bits per heavy atom. The van der Waals surface area contributed by atoms with Gasteiger partial charge in [-0.2, -0.15) is 13.2 Å². The molecule has 1 aromatic heterocycles. The maximum Gasteiger partial charge on any atom is 0.416 e. The maximum absolute atomic E-state index is 13.7. The van der Waals surface area contributed by atoms with Crippen LogP contribution < -0.4 is 4.90 Å². The zero-order valence-electron chi connectivity index (χ0n) is 19.5. The number of halogens is 4. The molecule has 1 saturated heterocycles. The first-order valence-electron chi connectivity index (χ1n) is 11.6. The third kappa shape index (κ3) is 4.95. The number of fused-ring (bicyclic) bond motifs is 1. The van der Waals surface area contributed by atoms with E-state index in [2.05, 4.69) is 15.9 Å². The number of hydrogen-bond donors (Lipinski definition) is 0. The Kier molecular flexibility index (Phi) is 6.47. The minimum atomic E-state index is -4.39. The van der Waals surface area contributed by atoms with Crippen LogP contribution >= 0.6 is 15.9 Å². The number of aryl methyl sites for hydroxylation is 1. The van der Waals surface area contributed by atoms with Crippen molar-refractivity contribution < 1.29 is 18.0 Å². The fraction of sp³-hybridized carbons (Fsp3) is 0.214. The van der Waals surface area contributed by atoms with E-state index in [1.54, 1.807) is 11.0 Å². The number of alkyl halides is 3. The van der Waals surface area contributed by atoms with Crippen molar-refractivity contribution in [3.8, 4) is 11.3 Å². The Bertz CT molecular complexity index is 1430. The minimum absolute atomic E-state index is 0.113. The first kappa shape index (κ1) is 24.3. The highest BCUT2D eigenvalue weighted by molar-refractivity contribution is 9.10. The Balaban J connectivity index is 1.42. The summed E-state index contributed by atoms with van der Waals surface area (Å²) in [5.74, 6) is -0.113. The van der Waals surface area contributed by atoms with Crippen LogP contribution in [0.1, 0.15) is 21.5 Å². The normalized spacial score (nSPS) is 14.4. The van der Waals surface area contributed by atoms with Crippen molar-refractivity contribution >= 4 is 38.4 Å². The molecule has 0 atom stereocenters. The molecule has 1 aliphatic rings. The summed E-state index contributed by atoms with van der Waals surface area (Å²) in [6.07, 6.45) is -4.39. The second-order valence-corrected chi connectivity index (χ2v) is 9.83. The van der Waals surface area contributed by atoms with Crippen molar-refractivity contribution in [2.24, 2.45) is 0 Å². The summed E-state index contributed by atoms with van der Waals surface area (Å²) in [6.45, 7) is 3.73. The summed E-state index contributed by atoms with van der Waals surface area (Å²) in [5.41, 5.74) is 3.91. The molecule has 0 radical (unpaired) electrons. The number of benzene rings is 3. The molecule has 1 amide bonds. The van der Waals surface area contributed by atoms with Crippen molar-refractivity contribution in [3.63, 3.8) is 0 Å². The lowest BCUT2D eigenvalue weighted by atomic mass is 10.0. The van der Waals surface area contributed by atoms with Crippen molar-refractivity contribution in [3.05, 3.63) is 94.0 Å². The van der Waals surface area contributed by atoms with Gasteiger partial charge in [-0.15, -0.1) is 0 Å². The average Bonchev–Trinajstić information content (AvgIpc) is 2.88. The summed E-state index contributed by atoms with van der Waals surface area (Å²) in [7, 11) is 0. The molecule has 0 aliphatic carbocycles. The van der Waals surface area contributed by atoms with Gasteiger partial charge in [0.15, 0.2) is 0 Å². The lowest BCUT2D eigenvalue weighted by Crippen LogP contribution is -2.48. The molecule has 0 bridgehead atoms. The Morgan fingerprint density at radius 1 is 0.917 bits per heavy atom. The number of rotatable bonds is 3. The van der Waals surface area contributed by atoms with Gasteiger partial charge < -0.3 is 9.80 Å². The van der Waals surface area contributed by atoms with Gasteiger partial charge in [0, 0.05) is 47.3 Å². The van der Waals surface area contributed by atoms with Crippen LogP contribution in [0.2, 0.25) is 0 Å². The second-order valence-electron chi connectivity index (χ2n) is 8.91. The second kappa shape index (κ2) is 9.58. The van der Waals surface area contributed by atoms with Gasteiger partial charge in [-0.1, -0.05) is 51.8 Å². The molecule has 2 heterocycles. The molecule has 0 N–H and O–H groups in total. The minimum Gasteiger partial charge on any atom is -0.368 e. The fourth-order valence-corrected chi connectivity index (χ4v) is 4.83. The molecular formula is C28H23BrF3N3O. The van der Waals surface area contributed by atoms with Gasteiger partial charge in [-0.05, 0) is 49.4 Å². The van der Waals surface area contributed by atoms with Crippen molar-refractivity contribution in [2.75, 3.05) is 31.1 Å². The van der Waals surface area contributed by atoms with E-state index in [1.807, 2.05) is 60.4 Å². The molecule has 184 valence electrons. The van der Waals surface area contributed by atoms with E-state index in [1.165, 1.54) is 12.1 Å². The van der Waals surface area contributed by atoms with Crippen LogP contribution in [-0.4, -0.2) is 42.0 Å². The number of pyridine rings is 1. The first-order chi connectivity index (χ1) is 17.2. The van der Waals surface area contributed by atoms with E-state index in [0.717, 1.165) is 38.3 Å². The van der Waals surface area contributed by atoms with Crippen molar-refractivity contribution in [2.45, 2.75) is 13.1 Å². The number of aromatic nitrogens is 1. The predicted molar refractivity (Wildman–Crippen MR) is 139 cm³/mol. The molecule has 3 aromatic carbocycles. The summed E-state index contributed by atoms with van der Waals surface area (Å²) < 4.78 is 40.3. The molecule has 4 aromatic rings. The number of anilines is 1. The highest BCUT2D eigenvalue weighted by Gasteiger charge is 2.31. The summed E-state index contributed by atoms with van der Waals surface area (Å²) in [6, 6.07) is 20.9. The monoisotopic (exact) mass is 553 g/mol. The van der Waals surface area contributed by atoms with Crippen LogP contribution in [0.4, 0.5) is 18.9 Å². The molecule has 36 heavy (non-hydrogen) atoms. The van der Waals surface area contributed by atoms with Crippen LogP contribution in [0.5, 0.6) is 0 Å². The molecule has 4 nitrogen and oxygen atoms in total. The number of carbonyl (C=O) groups excluding carboxylic acids is 1. The highest BCUT2D eigenvalue weighted by atomic mass is 79.9. The van der Waals surface area contributed by atoms with Gasteiger partial charge in [0.05, 0.1) is 22.3 Å². The van der Waals surface area contributed by atoms with Gasteiger partial charge in [0.25, 0.3) is 5.91 Å². The van der Waals surface area contributed by atoms with Gasteiger partial charge in [0.2, 0.25) is 0 Å². The zero-order valence-corrected chi connectivity index (χ0v) is 21.1. The van der Waals surface area contributed by atoms with E-state index in [0.29, 0.717) is 37.4 Å². The highest BCUT2D eigenvalue weighted by Crippen LogP contribution is 2.32. The summed E-state index contributed by atoms with van der Waals surface area (Å²) >= 11 is 3.50. The number of amides is 1. The lowest BCUT2D eigenvalue weighted by molar-refractivity contribution is -0.137. The zero-order chi connectivity index (χ0) is 25.4. The van der Waals surface area contributed by atoms with Crippen LogP contribution in [0, 0.1) is 6.92 Å². The van der Waals surface area contributed by atoms with Crippen LogP contribution in [0.25, 0.3) is 22.2 Å². The van der Waals surface area contributed by atoms with E-state index >= 15 is 0 Å². The number of hydrogen-bond acceptors (Lipinski definition) is 3. The molecule has 0 spiro atoms. The maximum atomic E-state index is 13.7. The number of carbonyl (C=O) groups is 1. The van der Waals surface area contributed by atoms with E-state index < -0.39 is 11.7 Å².